The van der Waals surface area contributed by atoms with E-state index in [9.17, 15) is 9.90 Å². The first-order valence-electron chi connectivity index (χ1n) is 12.9. The summed E-state index contributed by atoms with van der Waals surface area (Å²) in [6.07, 6.45) is 8.74. The van der Waals surface area contributed by atoms with Crippen molar-refractivity contribution in [2.24, 2.45) is 5.92 Å². The maximum Gasteiger partial charge on any atom is 0.194 e. The predicted molar refractivity (Wildman–Crippen MR) is 140 cm³/mol. The number of phenols is 1. The molecule has 180 valence electrons. The molecule has 1 saturated heterocycles. The SMILES string of the molecule is CC1CCCCC1c1sc2cc(O)ccc2c1C(=O)c1ccc(OCCN2CCCCC2)cc1. The number of fused-ring (bicyclic) bond motifs is 1. The van der Waals surface area contributed by atoms with E-state index in [0.29, 0.717) is 24.0 Å². The van der Waals surface area contributed by atoms with Crippen molar-refractivity contribution in [2.45, 2.75) is 57.8 Å². The lowest BCUT2D eigenvalue weighted by Gasteiger charge is -2.28. The fraction of sp³-hybridized carbons (Fsp3) is 0.483. The van der Waals surface area contributed by atoms with Gasteiger partial charge in [-0.2, -0.15) is 0 Å². The van der Waals surface area contributed by atoms with Gasteiger partial charge in [0.25, 0.3) is 0 Å². The van der Waals surface area contributed by atoms with Crippen LogP contribution in [0.15, 0.2) is 42.5 Å². The molecule has 2 aliphatic rings. The number of nitrogens with zero attached hydrogens (tertiary/aromatic N) is 1. The monoisotopic (exact) mass is 477 g/mol. The van der Waals surface area contributed by atoms with E-state index in [2.05, 4.69) is 11.8 Å². The predicted octanol–water partition coefficient (Wildman–Crippen LogP) is 7.00. The van der Waals surface area contributed by atoms with Gasteiger partial charge in [0.1, 0.15) is 18.1 Å². The number of likely N-dealkylation sites (tertiary alicyclic amines) is 1. The lowest BCUT2D eigenvalue weighted by molar-refractivity contribution is 0.103. The highest BCUT2D eigenvalue weighted by molar-refractivity contribution is 7.19. The normalized spacial score (nSPS) is 21.6. The third kappa shape index (κ3) is 5.01. The number of hydrogen-bond acceptors (Lipinski definition) is 5. The standard InChI is InChI=1S/C29H35NO3S/c1-20-7-3-4-8-24(20)29-27(25-14-11-22(31)19-26(25)34-29)28(32)21-9-12-23(13-10-21)33-18-17-30-15-5-2-6-16-30/h9-14,19-20,24,31H,2-8,15-18H2,1H3. The molecule has 0 radical (unpaired) electrons. The van der Waals surface area contributed by atoms with Gasteiger partial charge in [0.2, 0.25) is 0 Å². The van der Waals surface area contributed by atoms with Gasteiger partial charge in [-0.1, -0.05) is 32.6 Å². The van der Waals surface area contributed by atoms with Crippen molar-refractivity contribution >= 4 is 27.2 Å². The van der Waals surface area contributed by atoms with Gasteiger partial charge in [-0.05, 0) is 86.7 Å². The molecule has 5 rings (SSSR count). The Hall–Kier alpha value is -2.37. The molecule has 0 amide bonds. The minimum absolute atomic E-state index is 0.0737. The van der Waals surface area contributed by atoms with Gasteiger partial charge in [-0.25, -0.2) is 0 Å². The molecule has 3 aromatic rings. The number of carbonyl (C=O) groups excluding carboxylic acids is 1. The van der Waals surface area contributed by atoms with Crippen LogP contribution >= 0.6 is 11.3 Å². The average molecular weight is 478 g/mol. The van der Waals surface area contributed by atoms with E-state index >= 15 is 0 Å². The molecule has 2 unspecified atom stereocenters. The van der Waals surface area contributed by atoms with Crippen LogP contribution in [0.25, 0.3) is 10.1 Å². The third-order valence-electron chi connectivity index (χ3n) is 7.62. The number of benzene rings is 2. The summed E-state index contributed by atoms with van der Waals surface area (Å²) in [5.74, 6) is 2.11. The van der Waals surface area contributed by atoms with Crippen molar-refractivity contribution in [3.63, 3.8) is 0 Å². The second-order valence-corrected chi connectivity index (χ2v) is 11.1. The van der Waals surface area contributed by atoms with Crippen LogP contribution in [0.5, 0.6) is 11.5 Å². The first-order valence-corrected chi connectivity index (χ1v) is 13.7. The zero-order chi connectivity index (χ0) is 23.5. The number of piperidine rings is 1. The Morgan fingerprint density at radius 1 is 1.03 bits per heavy atom. The zero-order valence-corrected chi connectivity index (χ0v) is 20.9. The quantitative estimate of drug-likeness (QED) is 0.372. The van der Waals surface area contributed by atoms with E-state index in [4.69, 9.17) is 4.74 Å². The fourth-order valence-corrected chi connectivity index (χ4v) is 7.13. The molecule has 2 aromatic carbocycles. The molecular formula is C29H35NO3S. The van der Waals surface area contributed by atoms with E-state index in [-0.39, 0.29) is 11.5 Å². The molecule has 34 heavy (non-hydrogen) atoms. The largest absolute Gasteiger partial charge is 0.508 e. The third-order valence-corrected chi connectivity index (χ3v) is 8.90. The number of ether oxygens (including phenoxy) is 1. The summed E-state index contributed by atoms with van der Waals surface area (Å²) in [5, 5.41) is 11.0. The Bertz CT molecular complexity index is 1130. The van der Waals surface area contributed by atoms with Crippen LogP contribution in [0.4, 0.5) is 0 Å². The van der Waals surface area contributed by atoms with Gasteiger partial charge in [0, 0.05) is 32.6 Å². The number of aromatic hydroxyl groups is 1. The Balaban J connectivity index is 1.36. The summed E-state index contributed by atoms with van der Waals surface area (Å²) in [4.78, 5) is 17.5. The molecule has 2 atom stereocenters. The summed E-state index contributed by atoms with van der Waals surface area (Å²) in [5.41, 5.74) is 1.53. The molecule has 0 bridgehead atoms. The molecule has 2 fully saturated rings. The molecule has 0 spiro atoms. The molecule has 1 aromatic heterocycles. The summed E-state index contributed by atoms with van der Waals surface area (Å²) in [6, 6.07) is 13.0. The van der Waals surface area contributed by atoms with E-state index in [1.807, 2.05) is 30.3 Å². The van der Waals surface area contributed by atoms with Gasteiger partial charge in [-0.15, -0.1) is 11.3 Å². The highest BCUT2D eigenvalue weighted by atomic mass is 32.1. The smallest absolute Gasteiger partial charge is 0.194 e. The maximum absolute atomic E-state index is 13.8. The van der Waals surface area contributed by atoms with Crippen molar-refractivity contribution in [3.05, 3.63) is 58.5 Å². The van der Waals surface area contributed by atoms with Crippen molar-refractivity contribution in [3.8, 4) is 11.5 Å². The molecule has 1 aliphatic carbocycles. The van der Waals surface area contributed by atoms with Crippen molar-refractivity contribution < 1.29 is 14.6 Å². The van der Waals surface area contributed by atoms with Crippen LogP contribution in [0, 0.1) is 5.92 Å². The number of ketones is 1. The first-order chi connectivity index (χ1) is 16.6. The summed E-state index contributed by atoms with van der Waals surface area (Å²) in [7, 11) is 0. The second kappa shape index (κ2) is 10.5. The van der Waals surface area contributed by atoms with Crippen LogP contribution in [-0.2, 0) is 0 Å². The number of carbonyl (C=O) groups is 1. The molecule has 1 saturated carbocycles. The van der Waals surface area contributed by atoms with Crippen molar-refractivity contribution in [1.29, 1.82) is 0 Å². The minimum atomic E-state index is 0.0737. The number of rotatable bonds is 7. The van der Waals surface area contributed by atoms with Gasteiger partial charge in [0.15, 0.2) is 5.78 Å². The van der Waals surface area contributed by atoms with Gasteiger partial charge in [0.05, 0.1) is 0 Å². The maximum atomic E-state index is 13.8. The van der Waals surface area contributed by atoms with Crippen LogP contribution in [0.2, 0.25) is 0 Å². The zero-order valence-electron chi connectivity index (χ0n) is 20.1. The molecular weight excluding hydrogens is 442 g/mol. The van der Waals surface area contributed by atoms with Crippen LogP contribution in [0.3, 0.4) is 0 Å². The highest BCUT2D eigenvalue weighted by Gasteiger charge is 2.30. The van der Waals surface area contributed by atoms with Crippen molar-refractivity contribution in [2.75, 3.05) is 26.2 Å². The van der Waals surface area contributed by atoms with Crippen LogP contribution < -0.4 is 4.74 Å². The Labute approximate surface area is 206 Å². The van der Waals surface area contributed by atoms with Gasteiger partial charge >= 0.3 is 0 Å². The number of thiophene rings is 1. The fourth-order valence-electron chi connectivity index (χ4n) is 5.63. The Kier molecular flexibility index (Phi) is 7.21. The number of hydrogen-bond donors (Lipinski definition) is 1. The highest BCUT2D eigenvalue weighted by Crippen LogP contribution is 2.46. The van der Waals surface area contributed by atoms with E-state index in [1.54, 1.807) is 23.5 Å². The van der Waals surface area contributed by atoms with E-state index < -0.39 is 0 Å². The average Bonchev–Trinajstić information content (AvgIpc) is 3.23. The first kappa shape index (κ1) is 23.4. The molecule has 4 nitrogen and oxygen atoms in total. The van der Waals surface area contributed by atoms with Crippen molar-refractivity contribution in [1.82, 2.24) is 4.90 Å². The number of phenolic OH excluding ortho intramolecular Hbond substituents is 1. The summed E-state index contributed by atoms with van der Waals surface area (Å²) in [6.45, 7) is 6.29. The molecule has 1 aliphatic heterocycles. The van der Waals surface area contributed by atoms with E-state index in [1.165, 1.54) is 56.5 Å². The molecule has 1 N–H and O–H groups in total. The van der Waals surface area contributed by atoms with Crippen LogP contribution in [-0.4, -0.2) is 42.0 Å². The second-order valence-electron chi connectivity index (χ2n) is 9.99. The lowest BCUT2D eigenvalue weighted by Crippen LogP contribution is -2.33. The van der Waals surface area contributed by atoms with Gasteiger partial charge in [-0.3, -0.25) is 9.69 Å². The topological polar surface area (TPSA) is 49.8 Å². The van der Waals surface area contributed by atoms with Crippen LogP contribution in [0.1, 0.15) is 78.6 Å². The minimum Gasteiger partial charge on any atom is -0.508 e. The Morgan fingerprint density at radius 3 is 2.56 bits per heavy atom. The lowest BCUT2D eigenvalue weighted by atomic mass is 9.78. The van der Waals surface area contributed by atoms with E-state index in [0.717, 1.165) is 34.4 Å². The summed E-state index contributed by atoms with van der Waals surface area (Å²) >= 11 is 1.69. The Morgan fingerprint density at radius 2 is 1.79 bits per heavy atom. The summed E-state index contributed by atoms with van der Waals surface area (Å²) < 4.78 is 6.97. The molecule has 5 heteroatoms. The van der Waals surface area contributed by atoms with Gasteiger partial charge < -0.3 is 9.84 Å². The molecule has 2 heterocycles.